The zero-order chi connectivity index (χ0) is 73.8. The van der Waals surface area contributed by atoms with Gasteiger partial charge in [0.25, 0.3) is 47.9 Å². The Morgan fingerprint density at radius 3 is 1.35 bits per heavy atom. The number of nitriles is 1. The van der Waals surface area contributed by atoms with E-state index >= 15 is 0 Å². The second-order valence-corrected chi connectivity index (χ2v) is 23.9. The Morgan fingerprint density at radius 1 is 0.535 bits per heavy atom. The first-order valence-corrected chi connectivity index (χ1v) is 33.5. The number of carbonyl (C=O) groups is 4. The number of benzene rings is 6. The molecule has 6 N–H and O–H groups in total. The Morgan fingerprint density at radius 2 is 0.909 bits per heavy atom. The van der Waals surface area contributed by atoms with Crippen LogP contribution in [0, 0.1) is 29.9 Å². The second kappa shape index (κ2) is 37.2. The highest BCUT2D eigenvalue weighted by molar-refractivity contribution is 7.86. The van der Waals surface area contributed by atoms with Crippen molar-refractivity contribution in [1.82, 2.24) is 16.1 Å². The average Bonchev–Trinajstić information content (AvgIpc) is 0.836. The van der Waals surface area contributed by atoms with Crippen LogP contribution in [0.3, 0.4) is 0 Å². The molecule has 2 heterocycles. The van der Waals surface area contributed by atoms with Gasteiger partial charge in [-0.15, -0.1) is 48.3 Å². The molecule has 8 rings (SSSR count). The minimum atomic E-state index is -4.84. The summed E-state index contributed by atoms with van der Waals surface area (Å²) in [5, 5.41) is 47.6. The van der Waals surface area contributed by atoms with Gasteiger partial charge in [-0.3, -0.25) is 32.8 Å². The maximum atomic E-state index is 12.2. The quantitative estimate of drug-likeness (QED) is 0.00850. The first kappa shape index (κ1) is 79.2. The number of hydrazine groups is 1. The summed E-state index contributed by atoms with van der Waals surface area (Å²) in [5.74, 6) is -3.07. The maximum Gasteiger partial charge on any atom is 0.425 e. The fourth-order valence-corrected chi connectivity index (χ4v) is 9.66. The van der Waals surface area contributed by atoms with E-state index in [-0.39, 0.29) is 56.9 Å². The van der Waals surface area contributed by atoms with Gasteiger partial charge in [0.2, 0.25) is 18.3 Å². The molecule has 6 aromatic rings. The van der Waals surface area contributed by atoms with E-state index in [9.17, 15) is 63.0 Å². The number of carbonyl (C=O) groups excluding carboxylic acids is 4. The number of Topliss-reactive ketones (excluding diaryl/α,β-unsaturated/α-hetero) is 2. The summed E-state index contributed by atoms with van der Waals surface area (Å²) >= 11 is 0. The van der Waals surface area contributed by atoms with Crippen LogP contribution >= 0.6 is 0 Å². The van der Waals surface area contributed by atoms with E-state index < -0.39 is 103 Å². The van der Waals surface area contributed by atoms with Gasteiger partial charge in [-0.05, 0) is 120 Å². The molecule has 39 nitrogen and oxygen atoms in total. The van der Waals surface area contributed by atoms with E-state index in [1.54, 1.807) is 79.7 Å². The summed E-state index contributed by atoms with van der Waals surface area (Å²) in [5.41, 5.74) is 6.24. The number of azo groups is 4. The number of aryl methyl sites for hydroxylation is 1. The minimum absolute atomic E-state index is 0.0153. The van der Waals surface area contributed by atoms with Gasteiger partial charge >= 0.3 is 31.8 Å². The van der Waals surface area contributed by atoms with Gasteiger partial charge in [0.15, 0.2) is 22.3 Å². The number of piperidine rings is 2. The lowest BCUT2D eigenvalue weighted by atomic mass is 10.1. The smallest absolute Gasteiger partial charge is 0.311 e. The molecule has 2 aliphatic rings. The number of amides is 2. The van der Waals surface area contributed by atoms with Crippen molar-refractivity contribution in [2.45, 2.75) is 46.5 Å². The Bertz CT molecular complexity index is 5090. The number of aliphatic imine (C=N–C) groups is 1. The highest BCUT2D eigenvalue weighted by Gasteiger charge is 2.35. The summed E-state index contributed by atoms with van der Waals surface area (Å²) in [6.45, 7) is 8.39. The molecule has 0 radical (unpaired) electrons. The summed E-state index contributed by atoms with van der Waals surface area (Å²) < 4.78 is 177. The molecule has 0 aromatic heterocycles. The van der Waals surface area contributed by atoms with Crippen LogP contribution in [-0.4, -0.2) is 136 Å². The number of rotatable bonds is 17. The third kappa shape index (κ3) is 27.2. The minimum Gasteiger partial charge on any atom is -0.311 e. The van der Waals surface area contributed by atoms with Gasteiger partial charge in [-0.1, -0.05) is 54.6 Å². The predicted octanol–water partition coefficient (Wildman–Crippen LogP) is 6.32. The number of amidine groups is 2. The SMILES string of the molecule is Cc1ccc(/C=C/c2ccc(N=Nc3ccc(N=NC4C(=O)CC(=NC#N)NC4=O)c(S(=O)(=O)O)c3)cc2)c(S(=O)(=O)O)c1.O=S(=O)=O.O=S(=O)=O.O=S(=O)=O.[C-]#[N+]N=C1CC(=O)C(N=Nc2ccc(N=Nc3ccc(/C=C/c4ccc([N+](=O)NC)cc4)c(S(=O)(=O)O)c3)cc2)C(=O)N1. The Hall–Kier alpha value is -12.2. The number of hydrogen-bond acceptors (Lipinski definition) is 31. The van der Waals surface area contributed by atoms with E-state index in [1.165, 1.54) is 80.0 Å². The van der Waals surface area contributed by atoms with Crippen molar-refractivity contribution >= 4 is 161 Å². The highest BCUT2D eigenvalue weighted by Crippen LogP contribution is 2.32. The van der Waals surface area contributed by atoms with Crippen molar-refractivity contribution < 1.29 is 101 Å². The predicted molar refractivity (Wildman–Crippen MR) is 340 cm³/mol. The van der Waals surface area contributed by atoms with Crippen LogP contribution in [0.2, 0.25) is 0 Å². The molecular weight excluding hydrogens is 1430 g/mol. The fourth-order valence-electron chi connectivity index (χ4n) is 7.55. The molecule has 2 atom stereocenters. The molecule has 2 unspecified atom stereocenters. The Kier molecular flexibility index (Phi) is 29.8. The van der Waals surface area contributed by atoms with Crippen LogP contribution in [0.15, 0.2) is 193 Å². The van der Waals surface area contributed by atoms with Gasteiger partial charge in [0.1, 0.15) is 31.3 Å². The third-order valence-electron chi connectivity index (χ3n) is 11.7. The van der Waals surface area contributed by atoms with Crippen LogP contribution in [-0.2, 0) is 81.4 Å². The van der Waals surface area contributed by atoms with E-state index in [2.05, 4.69) is 72.0 Å². The topological polar surface area (TPSA) is 593 Å². The molecule has 6 aromatic carbocycles. The first-order chi connectivity index (χ1) is 46.5. The van der Waals surface area contributed by atoms with Crippen molar-refractivity contribution in [3.63, 3.8) is 0 Å². The number of nitroso groups, excluding NO2 is 1. The summed E-state index contributed by atoms with van der Waals surface area (Å²) in [6.07, 6.45) is 7.13. The Balaban J connectivity index is 0.000000361. The monoisotopic (exact) mass is 1480 g/mol. The Labute approximate surface area is 562 Å². The van der Waals surface area contributed by atoms with Crippen molar-refractivity contribution in [2.75, 3.05) is 7.05 Å². The molecule has 0 aliphatic carbocycles. The highest BCUT2D eigenvalue weighted by atomic mass is 32.2. The number of nitrogens with one attached hydrogen (secondary N) is 3. The van der Waals surface area contributed by atoms with Crippen molar-refractivity contribution in [3.05, 3.63) is 172 Å². The normalized spacial score (nSPS) is 15.5. The van der Waals surface area contributed by atoms with E-state index in [0.717, 1.165) is 12.1 Å². The van der Waals surface area contributed by atoms with Gasteiger partial charge in [0.05, 0.1) is 53.2 Å². The standard InChI is InChI=1S/C27H21N9O6S.C27H21N7O8S2.3O3S/c1-28-34-25-16-23(37)26(27(38)30-25)35-32-20-11-9-19(10-12-20)31-33-21-8-7-18(24(15-21)43(40,41)42)6-3-17-4-13-22(14-5-17)36(39)29-2;1-16-2-6-18(23(12-16)43(37,38)39)7-3-17-4-8-19(9-5-17)31-32-20-10-11-21(24(13-20)44(40,41)42)33-34-26-22(35)14-25(29-15-28)30-27(26)36;3*1-4(2)3/h3-15,26H,16H2,2H3,(H2-,29,30,34,38,39,40,41,42);2-13,26H,14H2,1H3,(H,29,30,36)(H,37,38,39)(H,40,41,42);;;/p+1/b6-3+,33-31?,35-32?;7-3+,32-31?,34-33?;;;. The largest absolute Gasteiger partial charge is 0.425 e. The number of ketones is 2. The van der Waals surface area contributed by atoms with Crippen LogP contribution in [0.4, 0.5) is 39.8 Å². The van der Waals surface area contributed by atoms with Gasteiger partial charge in [-0.2, -0.15) is 83.0 Å². The average molecular weight is 1480 g/mol. The van der Waals surface area contributed by atoms with Crippen LogP contribution in [0.25, 0.3) is 29.3 Å². The zero-order valence-corrected chi connectivity index (χ0v) is 54.7. The van der Waals surface area contributed by atoms with E-state index in [0.29, 0.717) is 49.9 Å². The molecule has 0 bridgehead atoms. The summed E-state index contributed by atoms with van der Waals surface area (Å²) in [7, 11) is -21.7. The van der Waals surface area contributed by atoms with Crippen LogP contribution < -0.4 is 16.1 Å². The van der Waals surface area contributed by atoms with E-state index in [4.69, 9.17) is 49.7 Å². The van der Waals surface area contributed by atoms with E-state index in [1.807, 2.05) is 0 Å². The molecule has 45 heteroatoms. The zero-order valence-electron chi connectivity index (χ0n) is 49.8. The van der Waals surface area contributed by atoms with Gasteiger partial charge in [0, 0.05) is 12.1 Å². The van der Waals surface area contributed by atoms with Gasteiger partial charge < -0.3 is 10.6 Å². The lowest BCUT2D eigenvalue weighted by Crippen LogP contribution is -2.48. The first-order valence-electron chi connectivity index (χ1n) is 26.2. The van der Waals surface area contributed by atoms with Gasteiger partial charge in [-0.25, -0.2) is 0 Å². The van der Waals surface area contributed by atoms with Crippen molar-refractivity contribution in [3.8, 4) is 6.19 Å². The number of hydrogen-bond donors (Lipinski definition) is 6. The maximum absolute atomic E-state index is 12.2. The van der Waals surface area contributed by atoms with Crippen molar-refractivity contribution in [2.24, 2.45) is 51.0 Å². The summed E-state index contributed by atoms with van der Waals surface area (Å²) in [6, 6.07) is 28.4. The van der Waals surface area contributed by atoms with Crippen molar-refractivity contribution in [1.29, 1.82) is 5.26 Å². The third-order valence-corrected chi connectivity index (χ3v) is 14.4. The van der Waals surface area contributed by atoms with Crippen LogP contribution in [0.1, 0.15) is 40.7 Å². The molecule has 2 fully saturated rings. The van der Waals surface area contributed by atoms with Crippen LogP contribution in [0.5, 0.6) is 0 Å². The number of nitrogens with zero attached hydrogens (tertiary/aromatic N) is 13. The second-order valence-electron chi connectivity index (χ2n) is 18.5. The molecule has 2 aliphatic heterocycles. The molecule has 512 valence electrons. The molecule has 2 saturated heterocycles. The fraction of sp³-hybridized carbons (Fsp3) is 0.111. The molecule has 0 saturated carbocycles. The lowest BCUT2D eigenvalue weighted by molar-refractivity contribution is -0.522. The summed E-state index contributed by atoms with van der Waals surface area (Å²) in [4.78, 5) is 65.6. The molecule has 2 amide bonds. The molecule has 99 heavy (non-hydrogen) atoms. The molecular formula is C54H43N16O23S6+. The molecule has 0 spiro atoms. The lowest BCUT2D eigenvalue weighted by Gasteiger charge is -2.17.